The minimum Gasteiger partial charge on any atom is -0.496 e. The van der Waals surface area contributed by atoms with E-state index in [2.05, 4.69) is 20.8 Å². The number of methoxy groups -OCH3 is 9. The zero-order valence-electron chi connectivity index (χ0n) is 56.2. The second kappa shape index (κ2) is 27.5. The molecule has 0 atom stereocenters. The lowest BCUT2D eigenvalue weighted by Gasteiger charge is -2.31. The molecule has 0 radical (unpaired) electrons. The molecule has 2 aliphatic rings. The minimum atomic E-state index is -0.922. The zero-order chi connectivity index (χ0) is 68.2. The van der Waals surface area contributed by atoms with Crippen LogP contribution in [0.1, 0.15) is 64.3 Å². The van der Waals surface area contributed by atoms with Crippen molar-refractivity contribution in [3.05, 3.63) is 162 Å². The summed E-state index contributed by atoms with van der Waals surface area (Å²) in [5.74, 6) is 3.93. The number of carbonyl (C=O) groups is 2. The smallest absolute Gasteiger partial charge is 0.433 e. The molecule has 3 aromatic heterocycles. The van der Waals surface area contributed by atoms with Crippen LogP contribution in [0.4, 0.5) is 32.3 Å². The topological polar surface area (TPSA) is 224 Å². The Morgan fingerprint density at radius 2 is 0.615 bits per heavy atom. The molecule has 21 heteroatoms. The van der Waals surface area contributed by atoms with Gasteiger partial charge in [0.05, 0.1) is 126 Å². The molecule has 2 aliphatic heterocycles. The number of hydrazine groups is 2. The highest BCUT2D eigenvalue weighted by molar-refractivity contribution is 6.07. The average molecular weight is 1300 g/mol. The number of carbonyl (C=O) groups excluding carboxylic acids is 2. The number of aromatic nitrogens is 4. The van der Waals surface area contributed by atoms with Gasteiger partial charge in [-0.25, -0.2) is 19.6 Å². The molecule has 8 bridgehead atoms. The van der Waals surface area contributed by atoms with Crippen LogP contribution < -0.4 is 63.5 Å². The number of para-hydroxylation sites is 2. The van der Waals surface area contributed by atoms with Crippen molar-refractivity contribution in [3.63, 3.8) is 0 Å². The van der Waals surface area contributed by atoms with E-state index >= 15 is 0 Å². The number of nitrogens with one attached hydrogen (secondary N) is 4. The lowest BCUT2D eigenvalue weighted by Crippen LogP contribution is -2.41. The highest BCUT2D eigenvalue weighted by atomic mass is 16.6. The van der Waals surface area contributed by atoms with Crippen molar-refractivity contribution in [1.29, 1.82) is 0 Å². The van der Waals surface area contributed by atoms with Crippen molar-refractivity contribution in [2.75, 3.05) is 84.9 Å². The van der Waals surface area contributed by atoms with Crippen LogP contribution in [-0.4, -0.2) is 107 Å². The molecule has 0 unspecified atom stereocenters. The first-order valence-corrected chi connectivity index (χ1v) is 30.6. The van der Waals surface area contributed by atoms with Crippen LogP contribution in [0.3, 0.4) is 0 Å². The molecule has 494 valence electrons. The Morgan fingerprint density at radius 1 is 0.344 bits per heavy atom. The van der Waals surface area contributed by atoms with E-state index in [1.54, 1.807) is 172 Å². The molecule has 5 heterocycles. The quantitative estimate of drug-likeness (QED) is 0.0552. The van der Waals surface area contributed by atoms with Crippen molar-refractivity contribution in [3.8, 4) is 96.3 Å². The van der Waals surface area contributed by atoms with Crippen molar-refractivity contribution >= 4 is 81.3 Å². The first-order chi connectivity index (χ1) is 46.2. The molecule has 0 spiro atoms. The van der Waals surface area contributed by atoms with Gasteiger partial charge in [0.2, 0.25) is 0 Å². The molecule has 21 nitrogen and oxygen atoms in total. The van der Waals surface area contributed by atoms with Gasteiger partial charge in [-0.2, -0.15) is 10.0 Å². The Morgan fingerprint density at radius 3 is 0.865 bits per heavy atom. The van der Waals surface area contributed by atoms with Crippen LogP contribution in [0, 0.1) is 0 Å². The second-order valence-corrected chi connectivity index (χ2v) is 24.0. The maximum Gasteiger partial charge on any atom is 0.433 e. The van der Waals surface area contributed by atoms with E-state index in [1.807, 2.05) is 97.1 Å². The molecule has 0 saturated heterocycles. The lowest BCUT2D eigenvalue weighted by molar-refractivity contribution is 0.0578. The molecular formula is C75H76N8O13. The summed E-state index contributed by atoms with van der Waals surface area (Å²) in [5, 5.41) is 2.67. The van der Waals surface area contributed by atoms with E-state index in [1.165, 1.54) is 10.0 Å². The van der Waals surface area contributed by atoms with E-state index in [4.69, 9.17) is 62.1 Å². The molecule has 0 fully saturated rings. The molecule has 0 aliphatic carbocycles. The monoisotopic (exact) mass is 1300 g/mol. The van der Waals surface area contributed by atoms with Gasteiger partial charge in [-0.05, 0) is 127 Å². The van der Waals surface area contributed by atoms with Gasteiger partial charge in [-0.15, -0.1) is 0 Å². The summed E-state index contributed by atoms with van der Waals surface area (Å²) in [6, 6.07) is 42.1. The third-order valence-electron chi connectivity index (χ3n) is 15.6. The fraction of sp³-hybridized carbons (Fsp3) is 0.227. The van der Waals surface area contributed by atoms with Gasteiger partial charge in [-0.3, -0.25) is 10.9 Å². The third kappa shape index (κ3) is 13.3. The fourth-order valence-electron chi connectivity index (χ4n) is 11.5. The summed E-state index contributed by atoms with van der Waals surface area (Å²) in [6.45, 7) is 10.8. The van der Waals surface area contributed by atoms with Crippen LogP contribution in [-0.2, 0) is 9.47 Å². The van der Waals surface area contributed by atoms with Gasteiger partial charge in [0.25, 0.3) is 0 Å². The number of hydrogen-bond donors (Lipinski definition) is 4. The Kier molecular flexibility index (Phi) is 18.8. The standard InChI is InChI=1S/C75H76N8O13/c1-74(2,3)95-72(84)82(43-23-18-16-19-24-43)80-56-27-22-28-57(81-83(44-25-20-17-21-26-44)73(85)96-75(4,5)6)68(56)64-48-29-31-50(76-48)65(69-58(89-10)37-45(86-7)38-59(69)90-11)52-33-35-54(78-52)67(71-62(93-14)41-47(88-9)42-63(71)94-15)55-36-34-53(79-55)66(51-32-30-49(64)77-51)70-60(91-12)39-46(87-8)40-61(70)92-13/h16-42,76,79-81H,1-15H3. The Hall–Kier alpha value is -11.7. The molecule has 6 aromatic carbocycles. The van der Waals surface area contributed by atoms with Crippen molar-refractivity contribution in [2.45, 2.75) is 52.7 Å². The summed E-state index contributed by atoms with van der Waals surface area (Å²) >= 11 is 0. The van der Waals surface area contributed by atoms with Gasteiger partial charge in [0, 0.05) is 86.3 Å². The van der Waals surface area contributed by atoms with Gasteiger partial charge < -0.3 is 62.1 Å². The van der Waals surface area contributed by atoms with Gasteiger partial charge in [-0.1, -0.05) is 42.5 Å². The number of anilines is 4. The van der Waals surface area contributed by atoms with E-state index in [-0.39, 0.29) is 0 Å². The molecule has 0 saturated carbocycles. The van der Waals surface area contributed by atoms with E-state index < -0.39 is 23.4 Å². The van der Waals surface area contributed by atoms with Crippen molar-refractivity contribution in [2.24, 2.45) is 0 Å². The van der Waals surface area contributed by atoms with E-state index in [0.29, 0.717) is 164 Å². The van der Waals surface area contributed by atoms with Gasteiger partial charge in [0.1, 0.15) is 62.9 Å². The minimum absolute atomic E-state index is 0.353. The van der Waals surface area contributed by atoms with Gasteiger partial charge >= 0.3 is 12.2 Å². The second-order valence-electron chi connectivity index (χ2n) is 24.0. The zero-order valence-corrected chi connectivity index (χ0v) is 56.2. The maximum atomic E-state index is 14.9. The predicted molar refractivity (Wildman–Crippen MR) is 377 cm³/mol. The Bertz CT molecular complexity index is 4440. The molecule has 9 aromatic rings. The fourth-order valence-corrected chi connectivity index (χ4v) is 11.5. The van der Waals surface area contributed by atoms with E-state index in [9.17, 15) is 9.59 Å². The van der Waals surface area contributed by atoms with Gasteiger partial charge in [0.15, 0.2) is 0 Å². The average Bonchev–Trinajstić information content (AvgIpc) is 1.54. The normalized spacial score (nSPS) is 11.7. The van der Waals surface area contributed by atoms with Crippen LogP contribution in [0.25, 0.3) is 90.9 Å². The van der Waals surface area contributed by atoms with Crippen molar-refractivity contribution < 1.29 is 61.7 Å². The molecule has 96 heavy (non-hydrogen) atoms. The predicted octanol–water partition coefficient (Wildman–Crippen LogP) is 16.9. The number of benzene rings is 6. The van der Waals surface area contributed by atoms with Crippen LogP contribution in [0.2, 0.25) is 0 Å². The number of fused-ring (bicyclic) bond motifs is 8. The van der Waals surface area contributed by atoms with Crippen LogP contribution >= 0.6 is 0 Å². The lowest BCUT2D eigenvalue weighted by atomic mass is 9.99. The first-order valence-electron chi connectivity index (χ1n) is 30.6. The van der Waals surface area contributed by atoms with Crippen LogP contribution in [0.15, 0.2) is 140 Å². The third-order valence-corrected chi connectivity index (χ3v) is 15.6. The summed E-state index contributed by atoms with van der Waals surface area (Å²) in [5.41, 5.74) is 14.9. The number of H-pyrrole nitrogens is 2. The van der Waals surface area contributed by atoms with Crippen LogP contribution in [0.5, 0.6) is 51.7 Å². The SMILES string of the molecule is COc1cc(OC)c(-c2c3nc(c(-c4c(OC)cc(OC)cc4OC)c4ccc([nH]4)c(-c4c(OC)cc(OC)cc4OC)c4nc(c(-c5c(NN(C(=O)OC(C)(C)C)c6ccccc6)cccc5NN(C(=O)OC(C)(C)C)c5ccccc5)c5ccc2[nH]5)C=C4)C=C3)c(OC)c1. The number of nitrogens with zero attached hydrogens (tertiary/aromatic N) is 4. The highest BCUT2D eigenvalue weighted by Crippen LogP contribution is 2.51. The highest BCUT2D eigenvalue weighted by Gasteiger charge is 2.32. The molecule has 2 amide bonds. The first kappa shape index (κ1) is 65.7. The summed E-state index contributed by atoms with van der Waals surface area (Å²) in [6.07, 6.45) is 6.23. The molecule has 4 N–H and O–H groups in total. The Balaban J connectivity index is 1.37. The largest absolute Gasteiger partial charge is 0.496 e. The summed E-state index contributed by atoms with van der Waals surface area (Å²) in [7, 11) is 14.2. The maximum absolute atomic E-state index is 14.9. The number of rotatable bonds is 19. The summed E-state index contributed by atoms with van der Waals surface area (Å²) < 4.78 is 67.2. The van der Waals surface area contributed by atoms with Crippen molar-refractivity contribution in [1.82, 2.24) is 19.9 Å². The Labute approximate surface area is 556 Å². The molecule has 11 rings (SSSR count). The number of hydrogen-bond acceptors (Lipinski definition) is 17. The number of ether oxygens (including phenoxy) is 11. The summed E-state index contributed by atoms with van der Waals surface area (Å²) in [4.78, 5) is 48.6. The number of amides is 2. The number of aromatic amines is 2. The molecular weight excluding hydrogens is 1220 g/mol. The van der Waals surface area contributed by atoms with E-state index in [0.717, 1.165) is 0 Å².